The van der Waals surface area contributed by atoms with Gasteiger partial charge in [-0.25, -0.2) is 13.2 Å². The van der Waals surface area contributed by atoms with Gasteiger partial charge < -0.3 is 5.32 Å². The molecule has 0 unspecified atom stereocenters. The van der Waals surface area contributed by atoms with Crippen molar-refractivity contribution in [2.24, 2.45) is 5.41 Å². The predicted octanol–water partition coefficient (Wildman–Crippen LogP) is 8.57. The van der Waals surface area contributed by atoms with Crippen molar-refractivity contribution in [1.29, 1.82) is 0 Å². The highest BCUT2D eigenvalue weighted by atomic mass is 19.4. The minimum Gasteiger partial charge on any atom is -0.325 e. The van der Waals surface area contributed by atoms with Gasteiger partial charge in [-0.15, -0.1) is 0 Å². The molecule has 0 aliphatic rings. The molecule has 5 rings (SSSR count). The van der Waals surface area contributed by atoms with Crippen molar-refractivity contribution in [2.45, 2.75) is 33.5 Å². The number of anilines is 1. The van der Waals surface area contributed by atoms with Crippen LogP contribution in [-0.4, -0.2) is 15.7 Å². The number of hydrogen-bond donors (Lipinski definition) is 1. The average Bonchev–Trinajstić information content (AvgIpc) is 3.31. The van der Waals surface area contributed by atoms with Crippen LogP contribution in [0, 0.1) is 34.7 Å². The van der Waals surface area contributed by atoms with Crippen LogP contribution in [0.1, 0.15) is 43.0 Å². The minimum absolute atomic E-state index is 0.100. The first-order valence-corrected chi connectivity index (χ1v) is 13.5. The zero-order chi connectivity index (χ0) is 31.8. The monoisotopic (exact) mass is 605 g/mol. The Balaban J connectivity index is 1.62. The van der Waals surface area contributed by atoms with Gasteiger partial charge in [0.1, 0.15) is 23.0 Å². The number of carbonyl (C=O) groups is 1. The van der Waals surface area contributed by atoms with Crippen LogP contribution in [-0.2, 0) is 17.5 Å². The molecule has 0 aliphatic heterocycles. The van der Waals surface area contributed by atoms with Crippen LogP contribution in [0.3, 0.4) is 0 Å². The third-order valence-electron chi connectivity index (χ3n) is 6.82. The highest BCUT2D eigenvalue weighted by Gasteiger charge is 2.35. The Morgan fingerprint density at radius 3 is 2.23 bits per heavy atom. The molecule has 1 heterocycles. The summed E-state index contributed by atoms with van der Waals surface area (Å²) in [5, 5.41) is 7.10. The summed E-state index contributed by atoms with van der Waals surface area (Å²) in [6.07, 6.45) is -4.74. The second-order valence-electron chi connectivity index (χ2n) is 11.1. The Morgan fingerprint density at radius 2 is 1.55 bits per heavy atom. The zero-order valence-corrected chi connectivity index (χ0v) is 23.8. The molecule has 10 heteroatoms. The summed E-state index contributed by atoms with van der Waals surface area (Å²) in [5.41, 5.74) is -0.521. The molecule has 0 radical (unpaired) electrons. The van der Waals surface area contributed by atoms with Gasteiger partial charge in [0.05, 0.1) is 23.5 Å². The fourth-order valence-corrected chi connectivity index (χ4v) is 4.57. The van der Waals surface area contributed by atoms with Gasteiger partial charge in [0.25, 0.3) is 0 Å². The molecule has 4 aromatic carbocycles. The van der Waals surface area contributed by atoms with Crippen LogP contribution in [0.25, 0.3) is 22.2 Å². The minimum atomic E-state index is -4.74. The molecular weight excluding hydrogens is 580 g/mol. The number of nitrogens with zero attached hydrogens (tertiary/aromatic N) is 2. The number of halogens is 6. The largest absolute Gasteiger partial charge is 0.418 e. The maximum absolute atomic E-state index is 14.6. The summed E-state index contributed by atoms with van der Waals surface area (Å²) >= 11 is 0. The van der Waals surface area contributed by atoms with Crippen molar-refractivity contribution in [2.75, 3.05) is 5.32 Å². The summed E-state index contributed by atoms with van der Waals surface area (Å²) < 4.78 is 85.6. The molecule has 4 nitrogen and oxygen atoms in total. The van der Waals surface area contributed by atoms with E-state index in [0.29, 0.717) is 34.5 Å². The highest BCUT2D eigenvalue weighted by molar-refractivity contribution is 5.96. The predicted molar refractivity (Wildman–Crippen MR) is 156 cm³/mol. The van der Waals surface area contributed by atoms with Gasteiger partial charge in [-0.05, 0) is 30.3 Å². The lowest BCUT2D eigenvalue weighted by atomic mass is 9.95. The maximum atomic E-state index is 14.6. The number of amides is 1. The van der Waals surface area contributed by atoms with Gasteiger partial charge in [-0.1, -0.05) is 69.0 Å². The zero-order valence-electron chi connectivity index (χ0n) is 23.8. The number of aromatic nitrogens is 2. The molecule has 0 atom stereocenters. The maximum Gasteiger partial charge on any atom is 0.418 e. The highest BCUT2D eigenvalue weighted by Crippen LogP contribution is 2.38. The van der Waals surface area contributed by atoms with Crippen LogP contribution in [0.15, 0.2) is 78.9 Å². The topological polar surface area (TPSA) is 46.9 Å². The van der Waals surface area contributed by atoms with E-state index in [0.717, 1.165) is 10.7 Å². The molecule has 0 saturated carbocycles. The number of hydrogen-bond acceptors (Lipinski definition) is 2. The van der Waals surface area contributed by atoms with E-state index in [9.17, 15) is 31.1 Å². The molecule has 224 valence electrons. The molecule has 0 saturated heterocycles. The van der Waals surface area contributed by atoms with E-state index in [2.05, 4.69) is 22.3 Å². The molecule has 44 heavy (non-hydrogen) atoms. The molecule has 1 N–H and O–H groups in total. The molecule has 0 bridgehead atoms. The van der Waals surface area contributed by atoms with Crippen molar-refractivity contribution in [1.82, 2.24) is 9.78 Å². The standard InChI is InChI=1S/C34H25F6N3O/c1-33(2,3)32(44)41-29-13-5-4-9-21(29)15-14-20-8-6-10-22(16-20)31-24-11-7-12-26(34(38,39)40)30(24)42-43(31)19-25-27(36)17-23(35)18-28(25)37/h4-13,16-18H,19H2,1-3H3,(H,41,44). The van der Waals surface area contributed by atoms with Crippen molar-refractivity contribution >= 4 is 22.5 Å². The number of benzene rings is 4. The first kappa shape index (κ1) is 30.4. The Bertz CT molecular complexity index is 1940. The van der Waals surface area contributed by atoms with Gasteiger partial charge in [-0.2, -0.15) is 18.3 Å². The smallest absolute Gasteiger partial charge is 0.325 e. The molecule has 0 spiro atoms. The second kappa shape index (κ2) is 11.6. The first-order chi connectivity index (χ1) is 20.7. The Kier molecular flexibility index (Phi) is 8.00. The fourth-order valence-electron chi connectivity index (χ4n) is 4.57. The van der Waals surface area contributed by atoms with Crippen LogP contribution >= 0.6 is 0 Å². The van der Waals surface area contributed by atoms with Gasteiger partial charge in [0, 0.05) is 45.2 Å². The third kappa shape index (κ3) is 6.32. The van der Waals surface area contributed by atoms with E-state index in [1.807, 2.05) is 0 Å². The molecule has 0 fully saturated rings. The van der Waals surface area contributed by atoms with E-state index in [1.165, 1.54) is 12.1 Å². The summed E-state index contributed by atoms with van der Waals surface area (Å²) in [7, 11) is 0. The van der Waals surface area contributed by atoms with Crippen molar-refractivity contribution in [3.05, 3.63) is 119 Å². The van der Waals surface area contributed by atoms with Crippen molar-refractivity contribution < 1.29 is 31.1 Å². The van der Waals surface area contributed by atoms with E-state index < -0.39 is 52.2 Å². The summed E-state index contributed by atoms with van der Waals surface area (Å²) in [6, 6.07) is 18.1. The fraction of sp³-hybridized carbons (Fsp3) is 0.176. The Labute approximate surface area is 249 Å². The Morgan fingerprint density at radius 1 is 0.864 bits per heavy atom. The lowest BCUT2D eigenvalue weighted by Gasteiger charge is -2.18. The second-order valence-corrected chi connectivity index (χ2v) is 11.1. The van der Waals surface area contributed by atoms with Crippen molar-refractivity contribution in [3.8, 4) is 23.1 Å². The van der Waals surface area contributed by atoms with Gasteiger partial charge in [0.15, 0.2) is 0 Å². The SMILES string of the molecule is CC(C)(C)C(=O)Nc1ccccc1C#Cc1cccc(-c2c3cccc(C(F)(F)F)c3nn2Cc2c(F)cc(F)cc2F)c1. The lowest BCUT2D eigenvalue weighted by Crippen LogP contribution is -2.27. The molecular formula is C34H25F6N3O. The molecule has 1 aromatic heterocycles. The molecule has 5 aromatic rings. The normalized spacial score (nSPS) is 11.8. The van der Waals surface area contributed by atoms with E-state index >= 15 is 0 Å². The lowest BCUT2D eigenvalue weighted by molar-refractivity contribution is -0.136. The van der Waals surface area contributed by atoms with Gasteiger partial charge >= 0.3 is 6.18 Å². The summed E-state index contributed by atoms with van der Waals surface area (Å²) in [5.74, 6) is 2.34. The van der Waals surface area contributed by atoms with E-state index in [-0.39, 0.29) is 17.0 Å². The van der Waals surface area contributed by atoms with Crippen LogP contribution in [0.4, 0.5) is 32.0 Å². The third-order valence-corrected chi connectivity index (χ3v) is 6.82. The van der Waals surface area contributed by atoms with Crippen LogP contribution < -0.4 is 5.32 Å². The van der Waals surface area contributed by atoms with E-state index in [4.69, 9.17) is 0 Å². The number of alkyl halides is 3. The van der Waals surface area contributed by atoms with Gasteiger partial charge in [-0.3, -0.25) is 9.48 Å². The summed E-state index contributed by atoms with van der Waals surface area (Å²) in [4.78, 5) is 12.5. The summed E-state index contributed by atoms with van der Waals surface area (Å²) in [6.45, 7) is 4.75. The van der Waals surface area contributed by atoms with Crippen LogP contribution in [0.2, 0.25) is 0 Å². The number of nitrogens with one attached hydrogen (secondary N) is 1. The van der Waals surface area contributed by atoms with E-state index in [1.54, 1.807) is 69.3 Å². The van der Waals surface area contributed by atoms with Crippen LogP contribution in [0.5, 0.6) is 0 Å². The number of rotatable bonds is 4. The molecule has 0 aliphatic carbocycles. The van der Waals surface area contributed by atoms with Gasteiger partial charge in [0.2, 0.25) is 5.91 Å². The number of carbonyl (C=O) groups excluding carboxylic acids is 1. The van der Waals surface area contributed by atoms with Crippen molar-refractivity contribution in [3.63, 3.8) is 0 Å². The molecule has 1 amide bonds. The quantitative estimate of drug-likeness (QED) is 0.165. The number of para-hydroxylation sites is 1. The Hall–Kier alpha value is -5.04. The first-order valence-electron chi connectivity index (χ1n) is 13.5. The number of fused-ring (bicyclic) bond motifs is 1. The average molecular weight is 606 g/mol.